The summed E-state index contributed by atoms with van der Waals surface area (Å²) in [5.74, 6) is 1.50. The number of nitrogens with zero attached hydrogens (tertiary/aromatic N) is 5. The summed E-state index contributed by atoms with van der Waals surface area (Å²) in [6.45, 7) is 0.744. The van der Waals surface area contributed by atoms with Crippen LogP contribution >= 0.6 is 0 Å². The highest BCUT2D eigenvalue weighted by Crippen LogP contribution is 2.23. The molecular weight excluding hydrogens is 302 g/mol. The van der Waals surface area contributed by atoms with E-state index in [9.17, 15) is 4.79 Å². The second kappa shape index (κ2) is 6.02. The van der Waals surface area contributed by atoms with Crippen LogP contribution in [0.4, 0.5) is 0 Å². The molecule has 3 aromatic rings. The smallest absolute Gasteiger partial charge is 0.262 e. The van der Waals surface area contributed by atoms with Crippen molar-refractivity contribution in [2.75, 3.05) is 7.05 Å². The Labute approximate surface area is 140 Å². The van der Waals surface area contributed by atoms with E-state index >= 15 is 0 Å². The van der Waals surface area contributed by atoms with Crippen LogP contribution in [0.2, 0.25) is 0 Å². The standard InChI is InChI=1S/C18H23N5O/c1-21(13-8-4-3-5-9-13)12-16-19-20-18-22(2)17(24)14-10-6-7-11-15(14)23(16)18/h6-7,10-11,13H,3-5,8-9,12H2,1-2H3. The number of aryl methyl sites for hydroxylation is 1. The van der Waals surface area contributed by atoms with Crippen molar-refractivity contribution in [3.8, 4) is 0 Å². The molecule has 0 spiro atoms. The first-order valence-electron chi connectivity index (χ1n) is 8.69. The van der Waals surface area contributed by atoms with Gasteiger partial charge in [0.05, 0.1) is 17.4 Å². The molecule has 0 radical (unpaired) electrons. The maximum absolute atomic E-state index is 12.5. The van der Waals surface area contributed by atoms with Gasteiger partial charge in [-0.15, -0.1) is 10.2 Å². The fourth-order valence-electron chi connectivity index (χ4n) is 3.87. The maximum atomic E-state index is 12.5. The van der Waals surface area contributed by atoms with Crippen LogP contribution < -0.4 is 5.56 Å². The van der Waals surface area contributed by atoms with E-state index in [1.807, 2.05) is 28.7 Å². The van der Waals surface area contributed by atoms with Crippen molar-refractivity contribution in [1.82, 2.24) is 24.1 Å². The summed E-state index contributed by atoms with van der Waals surface area (Å²) in [5.41, 5.74) is 0.852. The molecule has 6 nitrogen and oxygen atoms in total. The Morgan fingerprint density at radius 1 is 1.17 bits per heavy atom. The monoisotopic (exact) mass is 325 g/mol. The predicted molar refractivity (Wildman–Crippen MR) is 94.1 cm³/mol. The molecule has 0 N–H and O–H groups in total. The number of aromatic nitrogens is 4. The Morgan fingerprint density at radius 3 is 2.71 bits per heavy atom. The lowest BCUT2D eigenvalue weighted by Crippen LogP contribution is -2.33. The molecule has 2 aromatic heterocycles. The second-order valence-corrected chi connectivity index (χ2v) is 6.84. The van der Waals surface area contributed by atoms with Crippen molar-refractivity contribution in [3.63, 3.8) is 0 Å². The Bertz CT molecular complexity index is 936. The van der Waals surface area contributed by atoms with Gasteiger partial charge in [0.25, 0.3) is 5.56 Å². The largest absolute Gasteiger partial charge is 0.296 e. The zero-order valence-corrected chi connectivity index (χ0v) is 14.3. The van der Waals surface area contributed by atoms with E-state index in [1.54, 1.807) is 11.6 Å². The van der Waals surface area contributed by atoms with Gasteiger partial charge in [-0.05, 0) is 32.0 Å². The highest BCUT2D eigenvalue weighted by atomic mass is 16.1. The Balaban J connectivity index is 1.80. The van der Waals surface area contributed by atoms with E-state index in [4.69, 9.17) is 0 Å². The summed E-state index contributed by atoms with van der Waals surface area (Å²) in [4.78, 5) is 14.9. The lowest BCUT2D eigenvalue weighted by atomic mass is 9.94. The van der Waals surface area contributed by atoms with Crippen LogP contribution in [0.15, 0.2) is 29.1 Å². The number of para-hydroxylation sites is 1. The number of hydrogen-bond donors (Lipinski definition) is 0. The summed E-state index contributed by atoms with van der Waals surface area (Å²) in [5, 5.41) is 9.37. The van der Waals surface area contributed by atoms with Crippen LogP contribution in [0, 0.1) is 0 Å². The zero-order valence-electron chi connectivity index (χ0n) is 14.3. The van der Waals surface area contributed by atoms with Gasteiger partial charge in [0.1, 0.15) is 0 Å². The van der Waals surface area contributed by atoms with Gasteiger partial charge in [0, 0.05) is 13.1 Å². The average molecular weight is 325 g/mol. The Hall–Kier alpha value is -2.21. The third-order valence-corrected chi connectivity index (χ3v) is 5.28. The molecule has 1 aromatic carbocycles. The fraction of sp³-hybridized carbons (Fsp3) is 0.500. The predicted octanol–water partition coefficient (Wildman–Crippen LogP) is 2.35. The van der Waals surface area contributed by atoms with Gasteiger partial charge in [-0.2, -0.15) is 0 Å². The van der Waals surface area contributed by atoms with Crippen LogP contribution in [-0.4, -0.2) is 37.2 Å². The first kappa shape index (κ1) is 15.3. The van der Waals surface area contributed by atoms with Crippen LogP contribution in [0.1, 0.15) is 37.9 Å². The third kappa shape index (κ3) is 2.41. The van der Waals surface area contributed by atoms with E-state index < -0.39 is 0 Å². The molecule has 24 heavy (non-hydrogen) atoms. The molecule has 0 amide bonds. The Kier molecular flexibility index (Phi) is 3.84. The molecule has 1 fully saturated rings. The van der Waals surface area contributed by atoms with Gasteiger partial charge in [-0.1, -0.05) is 31.4 Å². The van der Waals surface area contributed by atoms with Crippen LogP contribution in [0.5, 0.6) is 0 Å². The number of benzene rings is 1. The van der Waals surface area contributed by atoms with Crippen molar-refractivity contribution >= 4 is 16.7 Å². The number of hydrogen-bond acceptors (Lipinski definition) is 4. The van der Waals surface area contributed by atoms with Crippen LogP contribution in [0.25, 0.3) is 16.7 Å². The third-order valence-electron chi connectivity index (χ3n) is 5.28. The van der Waals surface area contributed by atoms with Gasteiger partial charge in [0.2, 0.25) is 5.78 Å². The molecular formula is C18H23N5O. The topological polar surface area (TPSA) is 55.4 Å². The highest BCUT2D eigenvalue weighted by molar-refractivity contribution is 5.80. The van der Waals surface area contributed by atoms with E-state index in [0.29, 0.717) is 17.2 Å². The normalized spacial score (nSPS) is 16.5. The van der Waals surface area contributed by atoms with E-state index in [1.165, 1.54) is 32.1 Å². The first-order valence-corrected chi connectivity index (χ1v) is 8.69. The molecule has 126 valence electrons. The van der Waals surface area contributed by atoms with Gasteiger partial charge >= 0.3 is 0 Å². The number of rotatable bonds is 3. The minimum absolute atomic E-state index is 0.0299. The lowest BCUT2D eigenvalue weighted by molar-refractivity contribution is 0.180. The van der Waals surface area contributed by atoms with Gasteiger partial charge < -0.3 is 0 Å². The van der Waals surface area contributed by atoms with Crippen molar-refractivity contribution in [2.45, 2.75) is 44.7 Å². The minimum atomic E-state index is -0.0299. The van der Waals surface area contributed by atoms with E-state index in [2.05, 4.69) is 22.1 Å². The molecule has 1 aliphatic carbocycles. The van der Waals surface area contributed by atoms with Gasteiger partial charge in [-0.25, -0.2) is 0 Å². The fourth-order valence-corrected chi connectivity index (χ4v) is 3.87. The quantitative estimate of drug-likeness (QED) is 0.742. The molecule has 0 aliphatic heterocycles. The van der Waals surface area contributed by atoms with E-state index in [-0.39, 0.29) is 5.56 Å². The lowest BCUT2D eigenvalue weighted by Gasteiger charge is -2.30. The molecule has 0 saturated heterocycles. The highest BCUT2D eigenvalue weighted by Gasteiger charge is 2.21. The Morgan fingerprint density at radius 2 is 1.92 bits per heavy atom. The molecule has 2 heterocycles. The van der Waals surface area contributed by atoms with Crippen molar-refractivity contribution < 1.29 is 0 Å². The van der Waals surface area contributed by atoms with Crippen LogP contribution in [-0.2, 0) is 13.6 Å². The first-order chi connectivity index (χ1) is 11.7. The molecule has 0 unspecified atom stereocenters. The molecule has 4 rings (SSSR count). The second-order valence-electron chi connectivity index (χ2n) is 6.84. The molecule has 1 saturated carbocycles. The van der Waals surface area contributed by atoms with E-state index in [0.717, 1.165) is 17.9 Å². The van der Waals surface area contributed by atoms with Crippen molar-refractivity contribution in [2.24, 2.45) is 7.05 Å². The molecule has 6 heteroatoms. The van der Waals surface area contributed by atoms with Gasteiger partial charge in [0.15, 0.2) is 5.82 Å². The average Bonchev–Trinajstić information content (AvgIpc) is 3.04. The summed E-state index contributed by atoms with van der Waals surface area (Å²) in [6, 6.07) is 8.30. The van der Waals surface area contributed by atoms with Crippen molar-refractivity contribution in [1.29, 1.82) is 0 Å². The summed E-state index contributed by atoms with van der Waals surface area (Å²) >= 11 is 0. The number of fused-ring (bicyclic) bond motifs is 3. The zero-order chi connectivity index (χ0) is 16.7. The summed E-state index contributed by atoms with van der Waals surface area (Å²) < 4.78 is 3.61. The molecule has 1 aliphatic rings. The van der Waals surface area contributed by atoms with Crippen LogP contribution in [0.3, 0.4) is 0 Å². The molecule has 0 atom stereocenters. The SMILES string of the molecule is CN(Cc1nnc2n(C)c(=O)c3ccccc3n12)C1CCCCC1. The maximum Gasteiger partial charge on any atom is 0.262 e. The van der Waals surface area contributed by atoms with Crippen molar-refractivity contribution in [3.05, 3.63) is 40.4 Å². The summed E-state index contributed by atoms with van der Waals surface area (Å²) in [6.07, 6.45) is 6.49. The minimum Gasteiger partial charge on any atom is -0.296 e. The van der Waals surface area contributed by atoms with Gasteiger partial charge in [-0.3, -0.25) is 18.7 Å². The summed E-state index contributed by atoms with van der Waals surface area (Å²) in [7, 11) is 3.93. The molecule has 0 bridgehead atoms.